The normalized spacial score (nSPS) is 19.8. The standard InChI is InChI=1S/C18H22N4O3/c1-3-25-14-6-4-5-12(7-14)18(24)22-10-15(16(11-22)17(19)23)13-8-20-21(2)9-13/h4-9,15-16H,3,10-11H2,1-2H3,(H2,19,23)/t15-,16+/m1/s1. The van der Waals surface area contributed by atoms with Crippen LogP contribution in [0, 0.1) is 5.92 Å². The smallest absolute Gasteiger partial charge is 0.254 e. The Kier molecular flexibility index (Phi) is 4.74. The summed E-state index contributed by atoms with van der Waals surface area (Å²) < 4.78 is 7.14. The fraction of sp³-hybridized carbons (Fsp3) is 0.389. The minimum absolute atomic E-state index is 0.126. The van der Waals surface area contributed by atoms with Gasteiger partial charge in [0.15, 0.2) is 0 Å². The van der Waals surface area contributed by atoms with E-state index >= 15 is 0 Å². The highest BCUT2D eigenvalue weighted by Crippen LogP contribution is 2.33. The first-order valence-electron chi connectivity index (χ1n) is 8.29. The maximum Gasteiger partial charge on any atom is 0.254 e. The van der Waals surface area contributed by atoms with E-state index in [4.69, 9.17) is 10.5 Å². The molecule has 0 unspecified atom stereocenters. The molecular formula is C18H22N4O3. The van der Waals surface area contributed by atoms with E-state index in [2.05, 4.69) is 5.10 Å². The number of benzene rings is 1. The predicted molar refractivity (Wildman–Crippen MR) is 92.1 cm³/mol. The molecule has 2 aromatic rings. The predicted octanol–water partition coefficient (Wildman–Crippen LogP) is 1.16. The molecule has 2 amide bonds. The van der Waals surface area contributed by atoms with Crippen LogP contribution in [0.5, 0.6) is 5.75 Å². The van der Waals surface area contributed by atoms with E-state index in [1.54, 1.807) is 34.0 Å². The van der Waals surface area contributed by atoms with Crippen LogP contribution in [0.25, 0.3) is 0 Å². The number of primary amides is 1. The molecule has 25 heavy (non-hydrogen) atoms. The lowest BCUT2D eigenvalue weighted by molar-refractivity contribution is -0.121. The zero-order valence-electron chi connectivity index (χ0n) is 14.4. The summed E-state index contributed by atoms with van der Waals surface area (Å²) in [6.45, 7) is 3.18. The number of rotatable bonds is 5. The Hall–Kier alpha value is -2.83. The largest absolute Gasteiger partial charge is 0.494 e. The van der Waals surface area contributed by atoms with Gasteiger partial charge >= 0.3 is 0 Å². The number of hydrogen-bond donors (Lipinski definition) is 1. The molecule has 0 spiro atoms. The first kappa shape index (κ1) is 17.0. The molecule has 0 radical (unpaired) electrons. The van der Waals surface area contributed by atoms with Crippen LogP contribution in [-0.4, -0.2) is 46.2 Å². The molecule has 1 aliphatic rings. The van der Waals surface area contributed by atoms with Crippen LogP contribution in [0.3, 0.4) is 0 Å². The van der Waals surface area contributed by atoms with Crippen LogP contribution in [0.15, 0.2) is 36.7 Å². The zero-order valence-corrected chi connectivity index (χ0v) is 14.4. The second-order valence-electron chi connectivity index (χ2n) is 6.23. The van der Waals surface area contributed by atoms with Gasteiger partial charge in [-0.15, -0.1) is 0 Å². The second-order valence-corrected chi connectivity index (χ2v) is 6.23. The maximum absolute atomic E-state index is 12.9. The number of aryl methyl sites for hydroxylation is 1. The summed E-state index contributed by atoms with van der Waals surface area (Å²) in [4.78, 5) is 26.4. The molecule has 0 aliphatic carbocycles. The Labute approximate surface area is 146 Å². The van der Waals surface area contributed by atoms with E-state index in [0.29, 0.717) is 31.0 Å². The summed E-state index contributed by atoms with van der Waals surface area (Å²) in [6.07, 6.45) is 3.59. The zero-order chi connectivity index (χ0) is 18.0. The van der Waals surface area contributed by atoms with E-state index < -0.39 is 11.8 Å². The van der Waals surface area contributed by atoms with Gasteiger partial charge in [0.05, 0.1) is 18.7 Å². The fourth-order valence-corrected chi connectivity index (χ4v) is 3.30. The van der Waals surface area contributed by atoms with Gasteiger partial charge in [-0.05, 0) is 30.7 Å². The van der Waals surface area contributed by atoms with E-state index in [9.17, 15) is 9.59 Å². The average Bonchev–Trinajstić information content (AvgIpc) is 3.21. The van der Waals surface area contributed by atoms with E-state index in [-0.39, 0.29) is 11.8 Å². The Balaban J connectivity index is 1.82. The van der Waals surface area contributed by atoms with Gasteiger partial charge in [0.25, 0.3) is 5.91 Å². The molecule has 132 valence electrons. The van der Waals surface area contributed by atoms with Crippen molar-refractivity contribution in [1.29, 1.82) is 0 Å². The van der Waals surface area contributed by atoms with Crippen molar-refractivity contribution in [2.45, 2.75) is 12.8 Å². The molecule has 2 N–H and O–H groups in total. The molecule has 7 nitrogen and oxygen atoms in total. The molecule has 3 rings (SSSR count). The van der Waals surface area contributed by atoms with Crippen LogP contribution in [0.1, 0.15) is 28.8 Å². The van der Waals surface area contributed by atoms with Gasteiger partial charge in [0, 0.05) is 37.8 Å². The highest BCUT2D eigenvalue weighted by Gasteiger charge is 2.40. The number of nitrogens with zero attached hydrogens (tertiary/aromatic N) is 3. The average molecular weight is 342 g/mol. The van der Waals surface area contributed by atoms with Crippen LogP contribution >= 0.6 is 0 Å². The van der Waals surface area contributed by atoms with E-state index in [1.807, 2.05) is 26.2 Å². The van der Waals surface area contributed by atoms with Crippen molar-refractivity contribution >= 4 is 11.8 Å². The number of amides is 2. The molecule has 0 bridgehead atoms. The van der Waals surface area contributed by atoms with Gasteiger partial charge in [0.1, 0.15) is 5.75 Å². The summed E-state index contributed by atoms with van der Waals surface area (Å²) in [6, 6.07) is 7.08. The van der Waals surface area contributed by atoms with Crippen LogP contribution < -0.4 is 10.5 Å². The summed E-state index contributed by atoms with van der Waals surface area (Å²) in [5.41, 5.74) is 7.04. The van der Waals surface area contributed by atoms with Crippen molar-refractivity contribution < 1.29 is 14.3 Å². The number of carbonyl (C=O) groups is 2. The van der Waals surface area contributed by atoms with Gasteiger partial charge < -0.3 is 15.4 Å². The van der Waals surface area contributed by atoms with Crippen LogP contribution in [-0.2, 0) is 11.8 Å². The van der Waals surface area contributed by atoms with Crippen molar-refractivity contribution in [1.82, 2.24) is 14.7 Å². The van der Waals surface area contributed by atoms with Gasteiger partial charge in [-0.2, -0.15) is 5.10 Å². The van der Waals surface area contributed by atoms with Gasteiger partial charge in [-0.1, -0.05) is 6.07 Å². The van der Waals surface area contributed by atoms with Crippen LogP contribution in [0.4, 0.5) is 0 Å². The van der Waals surface area contributed by atoms with Crippen molar-refractivity contribution in [3.63, 3.8) is 0 Å². The lowest BCUT2D eigenvalue weighted by Gasteiger charge is -2.16. The van der Waals surface area contributed by atoms with Gasteiger partial charge in [-0.25, -0.2) is 0 Å². The Bertz CT molecular complexity index is 786. The molecule has 1 fully saturated rings. The van der Waals surface area contributed by atoms with Crippen molar-refractivity contribution in [2.24, 2.45) is 18.7 Å². The monoisotopic (exact) mass is 342 g/mol. The van der Waals surface area contributed by atoms with E-state index in [1.165, 1.54) is 0 Å². The number of likely N-dealkylation sites (tertiary alicyclic amines) is 1. The lowest BCUT2D eigenvalue weighted by Crippen LogP contribution is -2.32. The topological polar surface area (TPSA) is 90.4 Å². The van der Waals surface area contributed by atoms with Crippen LogP contribution in [0.2, 0.25) is 0 Å². The molecular weight excluding hydrogens is 320 g/mol. The quantitative estimate of drug-likeness (QED) is 0.883. The third-order valence-corrected chi connectivity index (χ3v) is 4.52. The van der Waals surface area contributed by atoms with Crippen molar-refractivity contribution in [3.05, 3.63) is 47.8 Å². The minimum Gasteiger partial charge on any atom is -0.494 e. The number of nitrogens with two attached hydrogens (primary N) is 1. The van der Waals surface area contributed by atoms with Gasteiger partial charge in [0.2, 0.25) is 5.91 Å². The SMILES string of the molecule is CCOc1cccc(C(=O)N2C[C@H](C(N)=O)[C@@H](c3cnn(C)c3)C2)c1. The van der Waals surface area contributed by atoms with E-state index in [0.717, 1.165) is 5.56 Å². The molecule has 7 heteroatoms. The Morgan fingerprint density at radius 1 is 1.36 bits per heavy atom. The Morgan fingerprint density at radius 3 is 2.80 bits per heavy atom. The summed E-state index contributed by atoms with van der Waals surface area (Å²) >= 11 is 0. The minimum atomic E-state index is -0.414. The molecule has 1 aromatic carbocycles. The Morgan fingerprint density at radius 2 is 2.16 bits per heavy atom. The first-order valence-corrected chi connectivity index (χ1v) is 8.29. The second kappa shape index (κ2) is 6.96. The van der Waals surface area contributed by atoms with Crippen molar-refractivity contribution in [2.75, 3.05) is 19.7 Å². The molecule has 0 saturated carbocycles. The number of carbonyl (C=O) groups excluding carboxylic acids is 2. The lowest BCUT2D eigenvalue weighted by atomic mass is 9.90. The summed E-state index contributed by atoms with van der Waals surface area (Å²) in [5, 5.41) is 4.16. The maximum atomic E-state index is 12.9. The first-order chi connectivity index (χ1) is 12.0. The molecule has 1 aliphatic heterocycles. The molecule has 1 saturated heterocycles. The van der Waals surface area contributed by atoms with Crippen molar-refractivity contribution in [3.8, 4) is 5.75 Å². The van der Waals surface area contributed by atoms with Gasteiger partial charge in [-0.3, -0.25) is 14.3 Å². The number of aromatic nitrogens is 2. The highest BCUT2D eigenvalue weighted by molar-refractivity contribution is 5.95. The fourth-order valence-electron chi connectivity index (χ4n) is 3.30. The molecule has 2 heterocycles. The number of ether oxygens (including phenoxy) is 1. The summed E-state index contributed by atoms with van der Waals surface area (Å²) in [5.74, 6) is -0.414. The highest BCUT2D eigenvalue weighted by atomic mass is 16.5. The third-order valence-electron chi connectivity index (χ3n) is 4.52. The molecule has 1 aromatic heterocycles. The summed E-state index contributed by atoms with van der Waals surface area (Å²) in [7, 11) is 1.82. The number of hydrogen-bond acceptors (Lipinski definition) is 4. The third kappa shape index (κ3) is 3.50. The molecule has 2 atom stereocenters.